The zero-order valence-electron chi connectivity index (χ0n) is 11.7. The molecule has 4 nitrogen and oxygen atoms in total. The molecule has 0 saturated heterocycles. The van der Waals surface area contributed by atoms with Crippen LogP contribution >= 0.6 is 34.5 Å². The maximum absolute atomic E-state index is 11.9. The Morgan fingerprint density at radius 3 is 2.57 bits per heavy atom. The van der Waals surface area contributed by atoms with E-state index in [0.29, 0.717) is 26.6 Å². The van der Waals surface area contributed by atoms with Crippen molar-refractivity contribution in [1.29, 1.82) is 0 Å². The van der Waals surface area contributed by atoms with Gasteiger partial charge in [-0.3, -0.25) is 5.32 Å². The number of para-hydroxylation sites is 1. The van der Waals surface area contributed by atoms with E-state index in [4.69, 9.17) is 23.2 Å². The Morgan fingerprint density at radius 2 is 1.83 bits per heavy atom. The predicted octanol–water partition coefficient (Wildman–Crippen LogP) is 5.76. The Bertz CT molecular complexity index is 836. The number of rotatable bonds is 3. The summed E-state index contributed by atoms with van der Waals surface area (Å²) in [6, 6.07) is 14.0. The normalized spacial score (nSPS) is 10.3. The molecule has 23 heavy (non-hydrogen) atoms. The van der Waals surface area contributed by atoms with E-state index in [2.05, 4.69) is 15.6 Å². The number of hydrogen-bond acceptors (Lipinski definition) is 3. The van der Waals surface area contributed by atoms with E-state index in [-0.39, 0.29) is 6.03 Å². The highest BCUT2D eigenvalue weighted by Crippen LogP contribution is 2.32. The van der Waals surface area contributed by atoms with Crippen molar-refractivity contribution in [3.63, 3.8) is 0 Å². The molecule has 2 aromatic carbocycles. The molecule has 0 aliphatic heterocycles. The smallest absolute Gasteiger partial charge is 0.308 e. The van der Waals surface area contributed by atoms with Crippen LogP contribution in [0.4, 0.5) is 15.6 Å². The number of carbonyl (C=O) groups is 1. The van der Waals surface area contributed by atoms with Crippen molar-refractivity contribution >= 4 is 51.4 Å². The van der Waals surface area contributed by atoms with E-state index >= 15 is 0 Å². The van der Waals surface area contributed by atoms with Crippen LogP contribution in [0, 0.1) is 0 Å². The Kier molecular flexibility index (Phi) is 4.81. The van der Waals surface area contributed by atoms with Gasteiger partial charge in [0.15, 0.2) is 5.13 Å². The molecule has 7 heteroatoms. The molecule has 116 valence electrons. The predicted molar refractivity (Wildman–Crippen MR) is 96.7 cm³/mol. The number of anilines is 2. The molecule has 1 aromatic heterocycles. The largest absolute Gasteiger partial charge is 0.325 e. The van der Waals surface area contributed by atoms with Crippen LogP contribution in [0.15, 0.2) is 53.9 Å². The number of benzene rings is 2. The second-order valence-corrected chi connectivity index (χ2v) is 6.31. The number of hydrogen-bond donors (Lipinski definition) is 2. The zero-order chi connectivity index (χ0) is 16.2. The van der Waals surface area contributed by atoms with E-state index < -0.39 is 0 Å². The third-order valence-electron chi connectivity index (χ3n) is 2.96. The number of nitrogens with zero attached hydrogens (tertiary/aromatic N) is 1. The molecule has 2 amide bonds. The van der Waals surface area contributed by atoms with Crippen LogP contribution in [-0.4, -0.2) is 11.0 Å². The van der Waals surface area contributed by atoms with Crippen molar-refractivity contribution in [2.24, 2.45) is 0 Å². The first-order chi connectivity index (χ1) is 11.1. The van der Waals surface area contributed by atoms with Crippen LogP contribution in [0.25, 0.3) is 11.3 Å². The average molecular weight is 364 g/mol. The van der Waals surface area contributed by atoms with E-state index in [1.54, 1.807) is 30.3 Å². The molecule has 0 spiro atoms. The molecule has 0 unspecified atom stereocenters. The number of carbonyl (C=O) groups excluding carboxylic acids is 1. The molecule has 0 fully saturated rings. The summed E-state index contributed by atoms with van der Waals surface area (Å²) in [6.45, 7) is 0. The lowest BCUT2D eigenvalue weighted by molar-refractivity contribution is 0.262. The second kappa shape index (κ2) is 7.00. The van der Waals surface area contributed by atoms with Crippen LogP contribution in [0.2, 0.25) is 10.0 Å². The molecule has 0 radical (unpaired) electrons. The SMILES string of the molecule is O=C(Nc1ccccc1)Nc1nc(-c2ccc(Cl)cc2Cl)cs1. The van der Waals surface area contributed by atoms with Crippen molar-refractivity contribution in [2.45, 2.75) is 0 Å². The highest BCUT2D eigenvalue weighted by Gasteiger charge is 2.11. The van der Waals surface area contributed by atoms with Crippen molar-refractivity contribution in [1.82, 2.24) is 4.98 Å². The number of halogens is 2. The number of nitrogens with one attached hydrogen (secondary N) is 2. The van der Waals surface area contributed by atoms with E-state index in [1.165, 1.54) is 11.3 Å². The number of amides is 2. The maximum atomic E-state index is 11.9. The molecule has 0 saturated carbocycles. The molecule has 0 bridgehead atoms. The molecule has 3 aromatic rings. The third kappa shape index (κ3) is 4.01. The van der Waals surface area contributed by atoms with Gasteiger partial charge in [0.25, 0.3) is 0 Å². The highest BCUT2D eigenvalue weighted by molar-refractivity contribution is 7.14. The first kappa shape index (κ1) is 15.8. The van der Waals surface area contributed by atoms with Crippen LogP contribution < -0.4 is 10.6 Å². The van der Waals surface area contributed by atoms with Gasteiger partial charge < -0.3 is 5.32 Å². The molecule has 0 aliphatic carbocycles. The third-order valence-corrected chi connectivity index (χ3v) is 4.27. The van der Waals surface area contributed by atoms with Crippen molar-refractivity contribution in [3.8, 4) is 11.3 Å². The number of aromatic nitrogens is 1. The summed E-state index contributed by atoms with van der Waals surface area (Å²) in [5, 5.41) is 8.82. The van der Waals surface area contributed by atoms with Crippen molar-refractivity contribution in [3.05, 3.63) is 64.0 Å². The standard InChI is InChI=1S/C16H11Cl2N3OS/c17-10-6-7-12(13(18)8-10)14-9-23-16(20-14)21-15(22)19-11-4-2-1-3-5-11/h1-9H,(H2,19,20,21,22). The summed E-state index contributed by atoms with van der Waals surface area (Å²) in [7, 11) is 0. The van der Waals surface area contributed by atoms with Gasteiger partial charge in [-0.2, -0.15) is 0 Å². The lowest BCUT2D eigenvalue weighted by Crippen LogP contribution is -2.19. The number of urea groups is 1. The average Bonchev–Trinajstić information content (AvgIpc) is 2.96. The van der Waals surface area contributed by atoms with Gasteiger partial charge in [-0.25, -0.2) is 9.78 Å². The Balaban J connectivity index is 1.71. The van der Waals surface area contributed by atoms with Crippen LogP contribution in [0.3, 0.4) is 0 Å². The molecular formula is C16H11Cl2N3OS. The minimum absolute atomic E-state index is 0.348. The van der Waals surface area contributed by atoms with Gasteiger partial charge in [-0.15, -0.1) is 11.3 Å². The summed E-state index contributed by atoms with van der Waals surface area (Å²) in [5.41, 5.74) is 2.16. The first-order valence-corrected chi connectivity index (χ1v) is 8.29. The van der Waals surface area contributed by atoms with Gasteiger partial charge >= 0.3 is 6.03 Å². The topological polar surface area (TPSA) is 54.0 Å². The lowest BCUT2D eigenvalue weighted by Gasteiger charge is -2.04. The van der Waals surface area contributed by atoms with Crippen molar-refractivity contribution in [2.75, 3.05) is 10.6 Å². The Labute approximate surface area is 147 Å². The lowest BCUT2D eigenvalue weighted by atomic mass is 10.2. The fourth-order valence-electron chi connectivity index (χ4n) is 1.93. The summed E-state index contributed by atoms with van der Waals surface area (Å²) < 4.78 is 0. The molecule has 0 atom stereocenters. The van der Waals surface area contributed by atoms with E-state index in [9.17, 15) is 4.79 Å². The van der Waals surface area contributed by atoms with Gasteiger partial charge in [-0.1, -0.05) is 41.4 Å². The fraction of sp³-hybridized carbons (Fsp3) is 0. The molecule has 3 rings (SSSR count). The maximum Gasteiger partial charge on any atom is 0.325 e. The van der Waals surface area contributed by atoms with Crippen LogP contribution in [0.1, 0.15) is 0 Å². The van der Waals surface area contributed by atoms with E-state index in [0.717, 1.165) is 5.56 Å². The van der Waals surface area contributed by atoms with Gasteiger partial charge in [0, 0.05) is 21.7 Å². The second-order valence-electron chi connectivity index (χ2n) is 4.61. The Morgan fingerprint density at radius 1 is 1.04 bits per heavy atom. The fourth-order valence-corrected chi connectivity index (χ4v) is 3.14. The van der Waals surface area contributed by atoms with E-state index in [1.807, 2.05) is 23.6 Å². The molecular weight excluding hydrogens is 353 g/mol. The van der Waals surface area contributed by atoms with Gasteiger partial charge in [0.05, 0.1) is 10.7 Å². The first-order valence-electron chi connectivity index (χ1n) is 6.66. The van der Waals surface area contributed by atoms with Gasteiger partial charge in [0.2, 0.25) is 0 Å². The van der Waals surface area contributed by atoms with Crippen LogP contribution in [-0.2, 0) is 0 Å². The zero-order valence-corrected chi connectivity index (χ0v) is 14.0. The molecule has 1 heterocycles. The Hall–Kier alpha value is -2.08. The van der Waals surface area contributed by atoms with Gasteiger partial charge in [0.1, 0.15) is 0 Å². The monoisotopic (exact) mass is 363 g/mol. The summed E-state index contributed by atoms with van der Waals surface area (Å²) in [5.74, 6) is 0. The van der Waals surface area contributed by atoms with Crippen LogP contribution in [0.5, 0.6) is 0 Å². The summed E-state index contributed by atoms with van der Waals surface area (Å²) >= 11 is 13.4. The number of thiazole rings is 1. The summed E-state index contributed by atoms with van der Waals surface area (Å²) in [6.07, 6.45) is 0. The highest BCUT2D eigenvalue weighted by atomic mass is 35.5. The van der Waals surface area contributed by atoms with Gasteiger partial charge in [-0.05, 0) is 30.3 Å². The summed E-state index contributed by atoms with van der Waals surface area (Å²) in [4.78, 5) is 16.3. The quantitative estimate of drug-likeness (QED) is 0.621. The minimum Gasteiger partial charge on any atom is -0.308 e. The molecule has 2 N–H and O–H groups in total. The minimum atomic E-state index is -0.348. The molecule has 0 aliphatic rings. The van der Waals surface area contributed by atoms with Crippen molar-refractivity contribution < 1.29 is 4.79 Å².